The minimum atomic E-state index is -3.51. The van der Waals surface area contributed by atoms with Gasteiger partial charge in [0.05, 0.1) is 34.7 Å². The fraction of sp³-hybridized carbons (Fsp3) is 0.385. The van der Waals surface area contributed by atoms with Crippen LogP contribution in [0.5, 0.6) is 0 Å². The molecular formula is C13H17N3O3S. The topological polar surface area (TPSA) is 85.1 Å². The molecule has 7 heteroatoms. The van der Waals surface area contributed by atoms with E-state index in [1.165, 1.54) is 24.7 Å². The van der Waals surface area contributed by atoms with Crippen molar-refractivity contribution >= 4 is 9.84 Å². The van der Waals surface area contributed by atoms with Gasteiger partial charge < -0.3 is 5.11 Å². The number of benzene rings is 1. The molecule has 1 heterocycles. The lowest BCUT2D eigenvalue weighted by Gasteiger charge is -2.21. The predicted molar refractivity (Wildman–Crippen MR) is 75.1 cm³/mol. The summed E-state index contributed by atoms with van der Waals surface area (Å²) in [6, 6.07) is 9.19. The molecule has 0 atom stereocenters. The van der Waals surface area contributed by atoms with E-state index in [9.17, 15) is 13.5 Å². The molecule has 0 saturated carbocycles. The van der Waals surface area contributed by atoms with Crippen molar-refractivity contribution in [2.45, 2.75) is 24.3 Å². The van der Waals surface area contributed by atoms with Gasteiger partial charge in [0.15, 0.2) is 9.84 Å². The Morgan fingerprint density at radius 1 is 1.25 bits per heavy atom. The van der Waals surface area contributed by atoms with Crippen LogP contribution in [0, 0.1) is 0 Å². The van der Waals surface area contributed by atoms with Crippen molar-refractivity contribution < 1.29 is 13.5 Å². The molecule has 0 spiro atoms. The Labute approximate surface area is 118 Å². The molecule has 6 nitrogen and oxygen atoms in total. The quantitative estimate of drug-likeness (QED) is 0.887. The molecule has 0 aliphatic heterocycles. The fourth-order valence-electron chi connectivity index (χ4n) is 1.63. The summed E-state index contributed by atoms with van der Waals surface area (Å²) in [7, 11) is -3.51. The summed E-state index contributed by atoms with van der Waals surface area (Å²) in [5, 5.41) is 16.9. The third-order valence-corrected chi connectivity index (χ3v) is 5.67. The summed E-state index contributed by atoms with van der Waals surface area (Å²) in [5.74, 6) is -0.220. The van der Waals surface area contributed by atoms with E-state index in [4.69, 9.17) is 0 Å². The molecular weight excluding hydrogens is 278 g/mol. The summed E-state index contributed by atoms with van der Waals surface area (Å²) < 4.78 is 24.9. The van der Waals surface area contributed by atoms with E-state index < -0.39 is 21.2 Å². The second-order valence-electron chi connectivity index (χ2n) is 5.15. The van der Waals surface area contributed by atoms with E-state index in [-0.39, 0.29) is 5.75 Å². The van der Waals surface area contributed by atoms with Gasteiger partial charge in [-0.15, -0.1) is 5.10 Å². The molecule has 1 aromatic carbocycles. The van der Waals surface area contributed by atoms with Crippen molar-refractivity contribution in [2.75, 3.05) is 6.61 Å². The van der Waals surface area contributed by atoms with Crippen molar-refractivity contribution in [3.63, 3.8) is 0 Å². The van der Waals surface area contributed by atoms with Crippen LogP contribution in [0.2, 0.25) is 0 Å². The van der Waals surface area contributed by atoms with Crippen LogP contribution in [0.1, 0.15) is 19.5 Å². The summed E-state index contributed by atoms with van der Waals surface area (Å²) in [6.45, 7) is 2.57. The molecule has 108 valence electrons. The Kier molecular flexibility index (Phi) is 3.92. The van der Waals surface area contributed by atoms with Crippen molar-refractivity contribution in [2.24, 2.45) is 0 Å². The average molecular weight is 295 g/mol. The zero-order valence-corrected chi connectivity index (χ0v) is 12.2. The van der Waals surface area contributed by atoms with Gasteiger partial charge in [-0.3, -0.25) is 0 Å². The highest BCUT2D eigenvalue weighted by Gasteiger charge is 2.34. The molecule has 0 amide bonds. The number of nitrogens with zero attached hydrogens (tertiary/aromatic N) is 3. The fourth-order valence-corrected chi connectivity index (χ4v) is 2.80. The van der Waals surface area contributed by atoms with Crippen LogP contribution in [0.25, 0.3) is 5.69 Å². The van der Waals surface area contributed by atoms with E-state index in [1.54, 1.807) is 0 Å². The Balaban J connectivity index is 2.36. The molecule has 0 unspecified atom stereocenters. The number of para-hydroxylation sites is 1. The van der Waals surface area contributed by atoms with E-state index >= 15 is 0 Å². The van der Waals surface area contributed by atoms with Crippen molar-refractivity contribution in [3.8, 4) is 5.69 Å². The highest BCUT2D eigenvalue weighted by atomic mass is 32.2. The number of hydrogen-bond donors (Lipinski definition) is 1. The maximum Gasteiger partial charge on any atom is 0.163 e. The van der Waals surface area contributed by atoms with Gasteiger partial charge in [0.1, 0.15) is 0 Å². The summed E-state index contributed by atoms with van der Waals surface area (Å²) in [6.07, 6.45) is 1.43. The minimum absolute atomic E-state index is 0.220. The third kappa shape index (κ3) is 2.73. The Bertz CT molecular complexity index is 678. The number of aliphatic hydroxyl groups excluding tert-OH is 1. The number of aromatic nitrogens is 3. The number of rotatable bonds is 5. The summed E-state index contributed by atoms with van der Waals surface area (Å²) >= 11 is 0. The average Bonchev–Trinajstić information content (AvgIpc) is 2.87. The van der Waals surface area contributed by atoms with Crippen LogP contribution in [0.3, 0.4) is 0 Å². The monoisotopic (exact) mass is 295 g/mol. The van der Waals surface area contributed by atoms with Gasteiger partial charge in [0.25, 0.3) is 0 Å². The molecule has 1 aromatic heterocycles. The van der Waals surface area contributed by atoms with Gasteiger partial charge in [0, 0.05) is 0 Å². The molecule has 2 aromatic rings. The molecule has 0 bridgehead atoms. The van der Waals surface area contributed by atoms with Gasteiger partial charge >= 0.3 is 0 Å². The van der Waals surface area contributed by atoms with Gasteiger partial charge in [0.2, 0.25) is 0 Å². The molecule has 0 aliphatic rings. The smallest absolute Gasteiger partial charge is 0.163 e. The zero-order valence-electron chi connectivity index (χ0n) is 11.4. The third-order valence-electron chi connectivity index (χ3n) is 3.18. The molecule has 0 fully saturated rings. The van der Waals surface area contributed by atoms with Gasteiger partial charge in [-0.1, -0.05) is 23.4 Å². The van der Waals surface area contributed by atoms with Gasteiger partial charge in [-0.05, 0) is 26.0 Å². The largest absolute Gasteiger partial charge is 0.395 e. The second-order valence-corrected chi connectivity index (χ2v) is 7.77. The van der Waals surface area contributed by atoms with Crippen molar-refractivity contribution in [1.29, 1.82) is 0 Å². The SMILES string of the molecule is CC(C)(CO)S(=O)(=O)Cc1cnnn1-c1ccccc1. The standard InChI is InChI=1S/C13H17N3O3S/c1-13(2,10-17)20(18,19)9-12-8-14-15-16(12)11-6-4-3-5-7-11/h3-8,17H,9-10H2,1-2H3. The lowest BCUT2D eigenvalue weighted by atomic mass is 10.2. The molecule has 2 rings (SSSR count). The Morgan fingerprint density at radius 2 is 1.90 bits per heavy atom. The lowest BCUT2D eigenvalue weighted by molar-refractivity contribution is 0.258. The van der Waals surface area contributed by atoms with Crippen LogP contribution in [-0.2, 0) is 15.6 Å². The summed E-state index contributed by atoms with van der Waals surface area (Å²) in [4.78, 5) is 0. The first-order valence-electron chi connectivity index (χ1n) is 6.15. The van der Waals surface area contributed by atoms with Crippen molar-refractivity contribution in [1.82, 2.24) is 15.0 Å². The lowest BCUT2D eigenvalue weighted by Crippen LogP contribution is -2.37. The minimum Gasteiger partial charge on any atom is -0.395 e. The van der Waals surface area contributed by atoms with E-state index in [1.807, 2.05) is 30.3 Å². The molecule has 20 heavy (non-hydrogen) atoms. The maximum atomic E-state index is 12.3. The number of aliphatic hydroxyl groups is 1. The highest BCUT2D eigenvalue weighted by molar-refractivity contribution is 7.92. The zero-order chi connectivity index (χ0) is 14.8. The van der Waals surface area contributed by atoms with Crippen molar-refractivity contribution in [3.05, 3.63) is 42.2 Å². The first kappa shape index (κ1) is 14.7. The Hall–Kier alpha value is -1.73. The first-order valence-corrected chi connectivity index (χ1v) is 7.81. The normalized spacial score (nSPS) is 12.6. The number of sulfone groups is 1. The maximum absolute atomic E-state index is 12.3. The van der Waals surface area contributed by atoms with E-state index in [0.717, 1.165) is 5.69 Å². The number of hydrogen-bond acceptors (Lipinski definition) is 5. The van der Waals surface area contributed by atoms with E-state index in [2.05, 4.69) is 10.3 Å². The van der Waals surface area contributed by atoms with Crippen LogP contribution in [0.4, 0.5) is 0 Å². The molecule has 0 saturated heterocycles. The van der Waals surface area contributed by atoms with Crippen LogP contribution in [0.15, 0.2) is 36.5 Å². The van der Waals surface area contributed by atoms with Gasteiger partial charge in [-0.25, -0.2) is 13.1 Å². The van der Waals surface area contributed by atoms with Crippen LogP contribution in [-0.4, -0.2) is 39.9 Å². The van der Waals surface area contributed by atoms with Crippen LogP contribution < -0.4 is 0 Å². The highest BCUT2D eigenvalue weighted by Crippen LogP contribution is 2.21. The first-order chi connectivity index (χ1) is 9.37. The predicted octanol–water partition coefficient (Wildman–Crippen LogP) is 0.953. The Morgan fingerprint density at radius 3 is 2.50 bits per heavy atom. The van der Waals surface area contributed by atoms with E-state index in [0.29, 0.717) is 5.69 Å². The summed E-state index contributed by atoms with van der Waals surface area (Å²) in [5.41, 5.74) is 1.22. The second kappa shape index (κ2) is 5.34. The van der Waals surface area contributed by atoms with Crippen LogP contribution >= 0.6 is 0 Å². The van der Waals surface area contributed by atoms with Gasteiger partial charge in [-0.2, -0.15) is 0 Å². The molecule has 0 radical (unpaired) electrons. The molecule has 1 N–H and O–H groups in total. The molecule has 0 aliphatic carbocycles.